The lowest BCUT2D eigenvalue weighted by Gasteiger charge is -1.59. The molecule has 0 aromatic heterocycles. The van der Waals surface area contributed by atoms with Crippen molar-refractivity contribution in [3.63, 3.8) is 0 Å². The molecular weight excluding hydrogens is 98.0 g/mol. The number of carbonyl (C=O) groups is 1. The fourth-order valence-electron chi connectivity index (χ4n) is 0. The Labute approximate surface area is 40.6 Å². The predicted molar refractivity (Wildman–Crippen MR) is 20.9 cm³/mol. The molecule has 0 aromatic rings. The molecule has 0 saturated carbocycles. The molecule has 0 aliphatic heterocycles. The highest BCUT2D eigenvalue weighted by Gasteiger charge is 1.65. The second-order valence-electron chi connectivity index (χ2n) is 0.619. The fourth-order valence-corrected chi connectivity index (χ4v) is 0. The van der Waals surface area contributed by atoms with Gasteiger partial charge in [-0.3, -0.25) is 4.79 Å². The number of aliphatic hydroxyl groups is 1. The minimum absolute atomic E-state index is 0.750. The number of carboxylic acid groups (broad SMARTS) is 1. The minimum atomic E-state index is -0.833. The summed E-state index contributed by atoms with van der Waals surface area (Å²) in [7, 11) is 0. The zero-order chi connectivity index (χ0) is 6.28. The molecule has 0 aromatic carbocycles. The summed E-state index contributed by atoms with van der Waals surface area (Å²) in [5, 5.41) is 21.2. The van der Waals surface area contributed by atoms with Gasteiger partial charge in [0, 0.05) is 6.92 Å². The third kappa shape index (κ3) is 23.6. The van der Waals surface area contributed by atoms with Crippen LogP contribution < -0.4 is 0 Å². The number of nitrogens with zero attached hydrogens (tertiary/aromatic N) is 1. The Hall–Kier alpha value is -1.24. The zero-order valence-electron chi connectivity index (χ0n) is 3.75. The van der Waals surface area contributed by atoms with Crippen LogP contribution in [0.4, 0.5) is 0 Å². The maximum Gasteiger partial charge on any atom is 0.300 e. The van der Waals surface area contributed by atoms with E-state index in [0.717, 1.165) is 13.2 Å². The summed E-state index contributed by atoms with van der Waals surface area (Å²) in [6.07, 6.45) is 0.750. The van der Waals surface area contributed by atoms with Crippen LogP contribution in [0.2, 0.25) is 0 Å². The van der Waals surface area contributed by atoms with E-state index in [2.05, 4.69) is 0 Å². The van der Waals surface area contributed by atoms with Crippen LogP contribution in [0.15, 0.2) is 0 Å². The first-order chi connectivity index (χ1) is 3.15. The van der Waals surface area contributed by atoms with Gasteiger partial charge in [-0.2, -0.15) is 5.26 Å². The first kappa shape index (κ1) is 9.23. The Morgan fingerprint density at radius 1 is 1.86 bits per heavy atom. The number of aliphatic hydroxyl groups excluding tert-OH is 1. The smallest absolute Gasteiger partial charge is 0.300 e. The zero-order valence-corrected chi connectivity index (χ0v) is 3.75. The van der Waals surface area contributed by atoms with Crippen LogP contribution in [0.5, 0.6) is 0 Å². The molecule has 0 rings (SSSR count). The van der Waals surface area contributed by atoms with Gasteiger partial charge < -0.3 is 10.2 Å². The van der Waals surface area contributed by atoms with Crippen molar-refractivity contribution < 1.29 is 15.0 Å². The van der Waals surface area contributed by atoms with Crippen molar-refractivity contribution in [1.82, 2.24) is 0 Å². The van der Waals surface area contributed by atoms with Gasteiger partial charge in [0.1, 0.15) is 0 Å². The number of hydrogen-bond donors (Lipinski definition) is 2. The van der Waals surface area contributed by atoms with E-state index < -0.39 is 5.97 Å². The average molecular weight is 103 g/mol. The highest BCUT2D eigenvalue weighted by atomic mass is 16.4. The van der Waals surface area contributed by atoms with E-state index in [9.17, 15) is 0 Å². The predicted octanol–water partition coefficient (Wildman–Crippen LogP) is -0.0691. The quantitative estimate of drug-likeness (QED) is 0.420. The van der Waals surface area contributed by atoms with Gasteiger partial charge in [-0.15, -0.1) is 0 Å². The lowest BCUT2D eigenvalue weighted by molar-refractivity contribution is -0.134. The Morgan fingerprint density at radius 2 is 1.86 bits per heavy atom. The molecule has 0 heterocycles. The SMILES string of the molecule is CC(=O)O.N#CO. The van der Waals surface area contributed by atoms with E-state index in [0.29, 0.717) is 0 Å². The van der Waals surface area contributed by atoms with Crippen molar-refractivity contribution in [3.05, 3.63) is 0 Å². The fraction of sp³-hybridized carbons (Fsp3) is 0.333. The third-order valence-corrected chi connectivity index (χ3v) is 0. The Morgan fingerprint density at radius 3 is 1.86 bits per heavy atom. The molecule has 4 heteroatoms. The van der Waals surface area contributed by atoms with Gasteiger partial charge in [0.25, 0.3) is 12.2 Å². The Balaban J connectivity index is 0. The number of carboxylic acids is 1. The summed E-state index contributed by atoms with van der Waals surface area (Å²) >= 11 is 0. The van der Waals surface area contributed by atoms with Crippen molar-refractivity contribution in [1.29, 1.82) is 5.26 Å². The molecular formula is C3H5NO3. The lowest BCUT2D eigenvalue weighted by Crippen LogP contribution is -1.78. The van der Waals surface area contributed by atoms with Gasteiger partial charge in [-0.25, -0.2) is 0 Å². The first-order valence-corrected chi connectivity index (χ1v) is 1.37. The minimum Gasteiger partial charge on any atom is -0.481 e. The van der Waals surface area contributed by atoms with Crippen LogP contribution in [0.1, 0.15) is 6.92 Å². The summed E-state index contributed by atoms with van der Waals surface area (Å²) in [5.74, 6) is -0.833. The summed E-state index contributed by atoms with van der Waals surface area (Å²) in [6.45, 7) is 1.08. The Bertz CT molecular complexity index is 78.7. The standard InChI is InChI=1S/C2H4O2.CHNO/c1-2(3)4;2-1-3/h1H3,(H,3,4);3H. The van der Waals surface area contributed by atoms with Crippen molar-refractivity contribution in [2.45, 2.75) is 6.92 Å². The summed E-state index contributed by atoms with van der Waals surface area (Å²) in [6, 6.07) is 0. The van der Waals surface area contributed by atoms with Gasteiger partial charge in [-0.05, 0) is 0 Å². The van der Waals surface area contributed by atoms with Crippen LogP contribution in [0.25, 0.3) is 0 Å². The third-order valence-electron chi connectivity index (χ3n) is 0. The Kier molecular flexibility index (Phi) is 11.7. The van der Waals surface area contributed by atoms with E-state index in [1.807, 2.05) is 0 Å². The number of rotatable bonds is 0. The van der Waals surface area contributed by atoms with E-state index in [1.54, 1.807) is 0 Å². The van der Waals surface area contributed by atoms with Crippen molar-refractivity contribution in [3.8, 4) is 6.26 Å². The number of aliphatic carboxylic acids is 1. The van der Waals surface area contributed by atoms with Crippen LogP contribution in [0, 0.1) is 11.5 Å². The molecule has 4 nitrogen and oxygen atoms in total. The maximum absolute atomic E-state index is 9.00. The highest BCUT2D eigenvalue weighted by Crippen LogP contribution is 1.42. The van der Waals surface area contributed by atoms with E-state index >= 15 is 0 Å². The second kappa shape index (κ2) is 8.83. The molecule has 0 atom stereocenters. The van der Waals surface area contributed by atoms with E-state index in [4.69, 9.17) is 20.3 Å². The average Bonchev–Trinajstić information content (AvgIpc) is 1.33. The van der Waals surface area contributed by atoms with Gasteiger partial charge in [-0.1, -0.05) is 0 Å². The van der Waals surface area contributed by atoms with E-state index in [-0.39, 0.29) is 0 Å². The summed E-state index contributed by atoms with van der Waals surface area (Å²) in [4.78, 5) is 9.00. The molecule has 7 heavy (non-hydrogen) atoms. The second-order valence-corrected chi connectivity index (χ2v) is 0.619. The maximum atomic E-state index is 9.00. The van der Waals surface area contributed by atoms with Crippen LogP contribution in [-0.2, 0) is 4.79 Å². The van der Waals surface area contributed by atoms with Crippen LogP contribution in [-0.4, -0.2) is 16.2 Å². The molecule has 2 N–H and O–H groups in total. The number of nitriles is 1. The van der Waals surface area contributed by atoms with Crippen LogP contribution in [0.3, 0.4) is 0 Å². The topological polar surface area (TPSA) is 81.3 Å². The highest BCUT2D eigenvalue weighted by molar-refractivity contribution is 5.62. The molecule has 0 aliphatic rings. The molecule has 0 radical (unpaired) electrons. The molecule has 0 fully saturated rings. The number of hydrogen-bond acceptors (Lipinski definition) is 3. The van der Waals surface area contributed by atoms with E-state index in [1.165, 1.54) is 0 Å². The van der Waals surface area contributed by atoms with Crippen molar-refractivity contribution >= 4 is 5.97 Å². The molecule has 0 bridgehead atoms. The van der Waals surface area contributed by atoms with Gasteiger partial charge in [0.15, 0.2) is 0 Å². The van der Waals surface area contributed by atoms with Crippen molar-refractivity contribution in [2.75, 3.05) is 0 Å². The summed E-state index contributed by atoms with van der Waals surface area (Å²) < 4.78 is 0. The van der Waals surface area contributed by atoms with Gasteiger partial charge in [0.2, 0.25) is 0 Å². The molecule has 0 spiro atoms. The monoisotopic (exact) mass is 103 g/mol. The van der Waals surface area contributed by atoms with Crippen molar-refractivity contribution in [2.24, 2.45) is 0 Å². The first-order valence-electron chi connectivity index (χ1n) is 1.37. The molecule has 0 unspecified atom stereocenters. The summed E-state index contributed by atoms with van der Waals surface area (Å²) in [5.41, 5.74) is 0. The van der Waals surface area contributed by atoms with Gasteiger partial charge in [0.05, 0.1) is 0 Å². The molecule has 0 amide bonds. The molecule has 0 aliphatic carbocycles. The van der Waals surface area contributed by atoms with Crippen LogP contribution >= 0.6 is 0 Å². The normalized spacial score (nSPS) is 4.57. The molecule has 0 saturated heterocycles. The van der Waals surface area contributed by atoms with Gasteiger partial charge >= 0.3 is 0 Å². The largest absolute Gasteiger partial charge is 0.481 e. The lowest BCUT2D eigenvalue weighted by atomic mass is 10.9. The molecule has 40 valence electrons.